The van der Waals surface area contributed by atoms with E-state index in [2.05, 4.69) is 47.4 Å². The first kappa shape index (κ1) is 23.9. The number of nitrogens with zero attached hydrogens (tertiary/aromatic N) is 2. The van der Waals surface area contributed by atoms with Crippen molar-refractivity contribution >= 4 is 81.8 Å². The number of halogens is 2. The number of carbonyl (C=O) groups excluding carboxylic acids is 1. The van der Waals surface area contributed by atoms with Crippen molar-refractivity contribution in [3.05, 3.63) is 69.1 Å². The van der Waals surface area contributed by atoms with Crippen molar-refractivity contribution in [2.45, 2.75) is 23.5 Å². The molecule has 1 N–H and O–H groups in total. The van der Waals surface area contributed by atoms with Gasteiger partial charge in [-0.25, -0.2) is 0 Å². The summed E-state index contributed by atoms with van der Waals surface area (Å²) in [5.74, 6) is 0.00963. The zero-order chi connectivity index (χ0) is 23.6. The predicted octanol–water partition coefficient (Wildman–Crippen LogP) is 5.46. The molecule has 0 aliphatic carbocycles. The highest BCUT2D eigenvalue weighted by Crippen LogP contribution is 2.32. The Balaban J connectivity index is 1.73. The molecule has 0 spiro atoms. The van der Waals surface area contributed by atoms with Crippen LogP contribution in [0.5, 0.6) is 5.75 Å². The van der Waals surface area contributed by atoms with E-state index in [-0.39, 0.29) is 21.8 Å². The minimum Gasteiger partial charge on any atom is -0.378 e. The summed E-state index contributed by atoms with van der Waals surface area (Å²) in [5, 5.41) is 12.7. The van der Waals surface area contributed by atoms with Gasteiger partial charge in [-0.05, 0) is 57.4 Å². The van der Waals surface area contributed by atoms with E-state index in [4.69, 9.17) is 4.18 Å². The Kier molecular flexibility index (Phi) is 7.22. The molecular weight excluding hydrogens is 594 g/mol. The van der Waals surface area contributed by atoms with Crippen LogP contribution in [0.15, 0.2) is 78.6 Å². The van der Waals surface area contributed by atoms with Crippen molar-refractivity contribution in [3.63, 3.8) is 0 Å². The molecule has 3 aromatic carbocycles. The predicted molar refractivity (Wildman–Crippen MR) is 138 cm³/mol. The van der Waals surface area contributed by atoms with E-state index in [1.165, 1.54) is 24.0 Å². The van der Waals surface area contributed by atoms with Gasteiger partial charge in [0.2, 0.25) is 5.91 Å². The fourth-order valence-corrected chi connectivity index (χ4v) is 6.43. The number of thioether (sulfide) groups is 1. The average Bonchev–Trinajstić information content (AvgIpc) is 3.15. The van der Waals surface area contributed by atoms with E-state index in [1.54, 1.807) is 24.3 Å². The number of fused-ring (bicyclic) bond motifs is 1. The lowest BCUT2D eigenvalue weighted by Gasteiger charge is -2.12. The normalized spacial score (nSPS) is 17.7. The minimum absolute atomic E-state index is 0.0103. The third-order valence-electron chi connectivity index (χ3n) is 4.78. The molecule has 1 atom stereocenters. The summed E-state index contributed by atoms with van der Waals surface area (Å²) in [6.45, 7) is 1.92. The van der Waals surface area contributed by atoms with Crippen molar-refractivity contribution in [1.82, 2.24) is 5.32 Å². The van der Waals surface area contributed by atoms with Crippen molar-refractivity contribution < 1.29 is 17.4 Å². The molecule has 3 aromatic rings. The largest absolute Gasteiger partial charge is 0.378 e. The number of hydrogen-bond acceptors (Lipinski definition) is 7. The molecule has 1 amide bonds. The molecular formula is C22H17Br2N3O4S2. The Hall–Kier alpha value is -2.21. The molecule has 1 fully saturated rings. The Morgan fingerprint density at radius 1 is 1.15 bits per heavy atom. The second-order valence-electron chi connectivity index (χ2n) is 6.96. The van der Waals surface area contributed by atoms with Gasteiger partial charge in [0.05, 0.1) is 11.5 Å². The molecule has 1 aliphatic rings. The maximum Gasteiger partial charge on any atom is 0.340 e. The summed E-state index contributed by atoms with van der Waals surface area (Å²) in [7, 11) is -4.15. The SMILES string of the molecule is CC[C@H]1SC(=NN=Cc2c(OS(=O)(=O)c3cc(Br)ccc3Br)ccc3ccccc23)NC1=O. The summed E-state index contributed by atoms with van der Waals surface area (Å²) in [5.41, 5.74) is 0.452. The van der Waals surface area contributed by atoms with Crippen LogP contribution in [0, 0.1) is 0 Å². The van der Waals surface area contributed by atoms with Gasteiger partial charge in [-0.15, -0.1) is 5.10 Å². The minimum atomic E-state index is -4.15. The lowest BCUT2D eigenvalue weighted by molar-refractivity contribution is -0.118. The molecule has 1 heterocycles. The summed E-state index contributed by atoms with van der Waals surface area (Å²) >= 11 is 7.88. The molecule has 7 nitrogen and oxygen atoms in total. The molecule has 0 radical (unpaired) electrons. The fourth-order valence-electron chi connectivity index (χ4n) is 3.17. The van der Waals surface area contributed by atoms with Gasteiger partial charge >= 0.3 is 10.1 Å². The molecule has 0 unspecified atom stereocenters. The fraction of sp³-hybridized carbons (Fsp3) is 0.136. The van der Waals surface area contributed by atoms with Crippen LogP contribution in [0.3, 0.4) is 0 Å². The standard InChI is InChI=1S/C22H17Br2N3O4S2/c1-2-19-21(28)26-22(32-19)27-25-12-16-15-6-4-3-5-13(15)7-10-18(16)31-33(29,30)20-11-14(23)8-9-17(20)24/h3-12,19H,2H2,1H3,(H,26,27,28)/t19-/m1/s1. The first-order chi connectivity index (χ1) is 15.8. The van der Waals surface area contributed by atoms with Crippen molar-refractivity contribution in [1.29, 1.82) is 0 Å². The van der Waals surface area contributed by atoms with Crippen LogP contribution >= 0.6 is 43.6 Å². The highest BCUT2D eigenvalue weighted by atomic mass is 79.9. The van der Waals surface area contributed by atoms with Crippen LogP contribution in [0.4, 0.5) is 0 Å². The second-order valence-corrected chi connectivity index (χ2v) is 11.4. The Bertz CT molecular complexity index is 1410. The molecule has 170 valence electrons. The molecule has 33 heavy (non-hydrogen) atoms. The Labute approximate surface area is 212 Å². The number of hydrogen-bond donors (Lipinski definition) is 1. The van der Waals surface area contributed by atoms with Gasteiger partial charge in [0.1, 0.15) is 4.90 Å². The van der Waals surface area contributed by atoms with Crippen LogP contribution < -0.4 is 9.50 Å². The summed E-state index contributed by atoms with van der Waals surface area (Å²) in [6.07, 6.45) is 2.12. The van der Waals surface area contributed by atoms with E-state index < -0.39 is 10.1 Å². The Morgan fingerprint density at radius 2 is 1.94 bits per heavy atom. The summed E-state index contributed by atoms with van der Waals surface area (Å²) in [4.78, 5) is 11.9. The quantitative estimate of drug-likeness (QED) is 0.227. The average molecular weight is 611 g/mol. The van der Waals surface area contributed by atoms with Crippen molar-refractivity contribution in [2.24, 2.45) is 10.2 Å². The van der Waals surface area contributed by atoms with Gasteiger partial charge < -0.3 is 9.50 Å². The number of amides is 1. The summed E-state index contributed by atoms with van der Waals surface area (Å²) in [6, 6.07) is 15.6. The third-order valence-corrected chi connectivity index (χ3v) is 8.74. The van der Waals surface area contributed by atoms with Gasteiger partial charge in [0, 0.05) is 14.5 Å². The van der Waals surface area contributed by atoms with Crippen molar-refractivity contribution in [3.8, 4) is 5.75 Å². The monoisotopic (exact) mass is 609 g/mol. The van der Waals surface area contributed by atoms with Crippen LogP contribution in [0.25, 0.3) is 10.8 Å². The number of carbonyl (C=O) groups is 1. The number of benzene rings is 3. The molecule has 0 bridgehead atoms. The van der Waals surface area contributed by atoms with Gasteiger partial charge in [0.25, 0.3) is 0 Å². The van der Waals surface area contributed by atoms with Crippen LogP contribution in [0.2, 0.25) is 0 Å². The lowest BCUT2D eigenvalue weighted by Crippen LogP contribution is -2.24. The van der Waals surface area contributed by atoms with E-state index in [0.717, 1.165) is 10.8 Å². The highest BCUT2D eigenvalue weighted by Gasteiger charge is 2.28. The lowest BCUT2D eigenvalue weighted by atomic mass is 10.0. The maximum absolute atomic E-state index is 13.1. The first-order valence-corrected chi connectivity index (χ1v) is 13.7. The molecule has 1 aliphatic heterocycles. The third kappa shape index (κ3) is 5.32. The molecule has 1 saturated heterocycles. The van der Waals surface area contributed by atoms with Crippen molar-refractivity contribution in [2.75, 3.05) is 0 Å². The first-order valence-electron chi connectivity index (χ1n) is 9.78. The zero-order valence-electron chi connectivity index (χ0n) is 17.2. The van der Waals surface area contributed by atoms with Crippen LogP contribution in [0.1, 0.15) is 18.9 Å². The topological polar surface area (TPSA) is 97.2 Å². The molecule has 11 heteroatoms. The Morgan fingerprint density at radius 3 is 2.70 bits per heavy atom. The van der Waals surface area contributed by atoms with Gasteiger partial charge in [-0.1, -0.05) is 64.9 Å². The van der Waals surface area contributed by atoms with E-state index in [1.807, 2.05) is 31.2 Å². The number of rotatable bonds is 6. The van der Waals surface area contributed by atoms with Gasteiger partial charge in [-0.3, -0.25) is 4.79 Å². The van der Waals surface area contributed by atoms with E-state index >= 15 is 0 Å². The molecule has 0 aromatic heterocycles. The maximum atomic E-state index is 13.1. The van der Waals surface area contributed by atoms with E-state index in [9.17, 15) is 13.2 Å². The smallest absolute Gasteiger partial charge is 0.340 e. The van der Waals surface area contributed by atoms with E-state index in [0.29, 0.717) is 26.1 Å². The van der Waals surface area contributed by atoms with Crippen LogP contribution in [-0.4, -0.2) is 31.0 Å². The highest BCUT2D eigenvalue weighted by molar-refractivity contribution is 9.11. The number of amidine groups is 1. The molecule has 0 saturated carbocycles. The van der Waals surface area contributed by atoms with Gasteiger partial charge in [0.15, 0.2) is 10.9 Å². The summed E-state index contributed by atoms with van der Waals surface area (Å²) < 4.78 is 32.6. The molecule has 4 rings (SSSR count). The van der Waals surface area contributed by atoms with Gasteiger partial charge in [-0.2, -0.15) is 13.5 Å². The number of nitrogens with one attached hydrogen (secondary N) is 1. The zero-order valence-corrected chi connectivity index (χ0v) is 22.0. The van der Waals surface area contributed by atoms with Crippen LogP contribution in [-0.2, 0) is 14.9 Å². The second kappa shape index (κ2) is 9.96.